The van der Waals surface area contributed by atoms with Crippen LogP contribution in [-0.2, 0) is 6.42 Å². The highest BCUT2D eigenvalue weighted by Gasteiger charge is 2.26. The van der Waals surface area contributed by atoms with Crippen molar-refractivity contribution in [2.24, 2.45) is 0 Å². The standard InChI is InChI=1S/C24H30N2O3/c1-3-21-12-6-7-16-26(21)24(28)20-11-8-10-19(17-20)23(27)25-15-14-18-9-4-5-13-22(18)29-2/h4-5,8-11,13,17,21H,3,6-7,12,14-16H2,1-2H3,(H,25,27). The van der Waals surface area contributed by atoms with Gasteiger partial charge in [-0.05, 0) is 61.9 Å². The number of hydrogen-bond donors (Lipinski definition) is 1. The van der Waals surface area contributed by atoms with Crippen LogP contribution in [0.25, 0.3) is 0 Å². The van der Waals surface area contributed by atoms with E-state index in [4.69, 9.17) is 4.74 Å². The molecule has 0 aliphatic carbocycles. The molecule has 5 nitrogen and oxygen atoms in total. The van der Waals surface area contributed by atoms with Gasteiger partial charge < -0.3 is 15.0 Å². The minimum Gasteiger partial charge on any atom is -0.496 e. The second-order valence-electron chi connectivity index (χ2n) is 7.45. The van der Waals surface area contributed by atoms with Crippen LogP contribution in [0.15, 0.2) is 48.5 Å². The molecule has 0 radical (unpaired) electrons. The van der Waals surface area contributed by atoms with Crippen molar-refractivity contribution < 1.29 is 14.3 Å². The van der Waals surface area contributed by atoms with E-state index in [1.54, 1.807) is 31.4 Å². The van der Waals surface area contributed by atoms with Crippen LogP contribution in [0.1, 0.15) is 58.9 Å². The number of piperidine rings is 1. The number of amides is 2. The topological polar surface area (TPSA) is 58.6 Å². The van der Waals surface area contributed by atoms with Gasteiger partial charge in [-0.25, -0.2) is 0 Å². The van der Waals surface area contributed by atoms with Crippen LogP contribution in [0.5, 0.6) is 5.75 Å². The summed E-state index contributed by atoms with van der Waals surface area (Å²) in [5.74, 6) is 0.682. The number of hydrogen-bond acceptors (Lipinski definition) is 3. The van der Waals surface area contributed by atoms with Gasteiger partial charge in [-0.15, -0.1) is 0 Å². The Morgan fingerprint density at radius 1 is 1.10 bits per heavy atom. The lowest BCUT2D eigenvalue weighted by atomic mass is 9.98. The number of ether oxygens (including phenoxy) is 1. The van der Waals surface area contributed by atoms with Crippen molar-refractivity contribution in [3.05, 3.63) is 65.2 Å². The maximum Gasteiger partial charge on any atom is 0.254 e. The Bertz CT molecular complexity index is 850. The molecule has 0 bridgehead atoms. The molecule has 5 heteroatoms. The molecular formula is C24H30N2O3. The van der Waals surface area contributed by atoms with E-state index in [2.05, 4.69) is 12.2 Å². The molecule has 29 heavy (non-hydrogen) atoms. The van der Waals surface area contributed by atoms with Gasteiger partial charge in [-0.2, -0.15) is 0 Å². The lowest BCUT2D eigenvalue weighted by Gasteiger charge is -2.35. The fourth-order valence-electron chi connectivity index (χ4n) is 3.97. The number of rotatable bonds is 7. The first kappa shape index (κ1) is 20.9. The first-order chi connectivity index (χ1) is 14.1. The normalized spacial score (nSPS) is 16.3. The molecule has 1 fully saturated rings. The summed E-state index contributed by atoms with van der Waals surface area (Å²) < 4.78 is 5.35. The monoisotopic (exact) mass is 394 g/mol. The Kier molecular flexibility index (Phi) is 7.28. The van der Waals surface area contributed by atoms with Crippen molar-refractivity contribution in [3.63, 3.8) is 0 Å². The second-order valence-corrected chi connectivity index (χ2v) is 7.45. The first-order valence-electron chi connectivity index (χ1n) is 10.4. The molecule has 1 N–H and O–H groups in total. The van der Waals surface area contributed by atoms with Gasteiger partial charge in [0.05, 0.1) is 7.11 Å². The van der Waals surface area contributed by atoms with Crippen LogP contribution < -0.4 is 10.1 Å². The number of benzene rings is 2. The minimum atomic E-state index is -0.166. The lowest BCUT2D eigenvalue weighted by Crippen LogP contribution is -2.43. The molecule has 1 heterocycles. The van der Waals surface area contributed by atoms with Gasteiger partial charge in [0.1, 0.15) is 5.75 Å². The molecule has 1 atom stereocenters. The number of para-hydroxylation sites is 1. The quantitative estimate of drug-likeness (QED) is 0.770. The Balaban J connectivity index is 1.62. The van der Waals surface area contributed by atoms with Crippen LogP contribution in [0.3, 0.4) is 0 Å². The fourth-order valence-corrected chi connectivity index (χ4v) is 3.97. The molecule has 1 saturated heterocycles. The molecule has 0 saturated carbocycles. The molecule has 154 valence electrons. The van der Waals surface area contributed by atoms with E-state index in [0.29, 0.717) is 30.1 Å². The van der Waals surface area contributed by atoms with E-state index in [0.717, 1.165) is 37.1 Å². The molecule has 2 aromatic carbocycles. The van der Waals surface area contributed by atoms with Gasteiger partial charge >= 0.3 is 0 Å². The molecule has 1 unspecified atom stereocenters. The van der Waals surface area contributed by atoms with Crippen molar-refractivity contribution >= 4 is 11.8 Å². The Labute approximate surface area is 173 Å². The van der Waals surface area contributed by atoms with Crippen LogP contribution in [0, 0.1) is 0 Å². The first-order valence-corrected chi connectivity index (χ1v) is 10.4. The summed E-state index contributed by atoms with van der Waals surface area (Å²) >= 11 is 0. The number of methoxy groups -OCH3 is 1. The summed E-state index contributed by atoms with van der Waals surface area (Å²) in [4.78, 5) is 27.6. The molecular weight excluding hydrogens is 364 g/mol. The van der Waals surface area contributed by atoms with Crippen molar-refractivity contribution in [1.82, 2.24) is 10.2 Å². The predicted molar refractivity (Wildman–Crippen MR) is 114 cm³/mol. The number of nitrogens with one attached hydrogen (secondary N) is 1. The van der Waals surface area contributed by atoms with Crippen molar-refractivity contribution in [1.29, 1.82) is 0 Å². The summed E-state index contributed by atoms with van der Waals surface area (Å²) in [7, 11) is 1.64. The average molecular weight is 395 g/mol. The maximum atomic E-state index is 13.0. The van der Waals surface area contributed by atoms with E-state index < -0.39 is 0 Å². The van der Waals surface area contributed by atoms with Gasteiger partial charge in [-0.1, -0.05) is 31.2 Å². The molecule has 1 aliphatic rings. The van der Waals surface area contributed by atoms with Gasteiger partial charge in [-0.3, -0.25) is 9.59 Å². The summed E-state index contributed by atoms with van der Waals surface area (Å²) in [5, 5.41) is 2.94. The Morgan fingerprint density at radius 3 is 2.69 bits per heavy atom. The van der Waals surface area contributed by atoms with Gasteiger partial charge in [0.2, 0.25) is 0 Å². The number of carbonyl (C=O) groups excluding carboxylic acids is 2. The zero-order valence-electron chi connectivity index (χ0n) is 17.3. The third-order valence-corrected chi connectivity index (χ3v) is 5.60. The average Bonchev–Trinajstić information content (AvgIpc) is 2.78. The highest BCUT2D eigenvalue weighted by atomic mass is 16.5. The molecule has 3 rings (SSSR count). The third kappa shape index (κ3) is 5.17. The third-order valence-electron chi connectivity index (χ3n) is 5.60. The van der Waals surface area contributed by atoms with E-state index in [-0.39, 0.29) is 11.8 Å². The van der Waals surface area contributed by atoms with Crippen LogP contribution in [0.4, 0.5) is 0 Å². The summed E-state index contributed by atoms with van der Waals surface area (Å²) in [6.07, 6.45) is 4.93. The lowest BCUT2D eigenvalue weighted by molar-refractivity contribution is 0.0608. The molecule has 0 spiro atoms. The minimum absolute atomic E-state index is 0.0280. The zero-order valence-corrected chi connectivity index (χ0v) is 17.3. The summed E-state index contributed by atoms with van der Waals surface area (Å²) in [6.45, 7) is 3.43. The smallest absolute Gasteiger partial charge is 0.254 e. The van der Waals surface area contributed by atoms with Crippen LogP contribution in [-0.4, -0.2) is 43.0 Å². The summed E-state index contributed by atoms with van der Waals surface area (Å²) in [5.41, 5.74) is 2.15. The highest BCUT2D eigenvalue weighted by Crippen LogP contribution is 2.22. The van der Waals surface area contributed by atoms with E-state index in [9.17, 15) is 9.59 Å². The SMILES string of the molecule is CCC1CCCCN1C(=O)c1cccc(C(=O)NCCc2ccccc2OC)c1. The van der Waals surface area contributed by atoms with Crippen molar-refractivity contribution in [2.45, 2.75) is 45.1 Å². The molecule has 2 aromatic rings. The Hall–Kier alpha value is -2.82. The maximum absolute atomic E-state index is 13.0. The number of nitrogens with zero attached hydrogens (tertiary/aromatic N) is 1. The predicted octanol–water partition coefficient (Wildman–Crippen LogP) is 4.07. The van der Waals surface area contributed by atoms with Crippen LogP contribution in [0.2, 0.25) is 0 Å². The van der Waals surface area contributed by atoms with Gasteiger partial charge in [0.15, 0.2) is 0 Å². The fraction of sp³-hybridized carbons (Fsp3) is 0.417. The molecule has 0 aromatic heterocycles. The van der Waals surface area contributed by atoms with Crippen molar-refractivity contribution in [2.75, 3.05) is 20.2 Å². The van der Waals surface area contributed by atoms with Gasteiger partial charge in [0.25, 0.3) is 11.8 Å². The largest absolute Gasteiger partial charge is 0.496 e. The second kappa shape index (κ2) is 10.1. The summed E-state index contributed by atoms with van der Waals surface area (Å²) in [6, 6.07) is 15.1. The van der Waals surface area contributed by atoms with Crippen molar-refractivity contribution in [3.8, 4) is 5.75 Å². The van der Waals surface area contributed by atoms with Gasteiger partial charge in [0, 0.05) is 30.3 Å². The molecule has 1 aliphatic heterocycles. The number of likely N-dealkylation sites (tertiary alicyclic amines) is 1. The van der Waals surface area contributed by atoms with E-state index in [1.165, 1.54) is 6.42 Å². The molecule has 2 amide bonds. The number of carbonyl (C=O) groups is 2. The Morgan fingerprint density at radius 2 is 1.90 bits per heavy atom. The highest BCUT2D eigenvalue weighted by molar-refractivity contribution is 5.99. The van der Waals surface area contributed by atoms with E-state index >= 15 is 0 Å². The van der Waals surface area contributed by atoms with E-state index in [1.807, 2.05) is 29.2 Å². The zero-order chi connectivity index (χ0) is 20.6. The van der Waals surface area contributed by atoms with Crippen LogP contribution >= 0.6 is 0 Å².